The Morgan fingerprint density at radius 2 is 1.73 bits per heavy atom. The molecule has 15 heavy (non-hydrogen) atoms. The first kappa shape index (κ1) is 9.90. The van der Waals surface area contributed by atoms with Gasteiger partial charge in [-0.15, -0.1) is 0 Å². The maximum absolute atomic E-state index is 5.86. The van der Waals surface area contributed by atoms with E-state index in [2.05, 4.69) is 23.8 Å². The van der Waals surface area contributed by atoms with Crippen LogP contribution < -0.4 is 5.73 Å². The first-order valence-electron chi connectivity index (χ1n) is 5.18. The molecule has 2 rings (SSSR count). The number of anilines is 1. The zero-order valence-electron chi connectivity index (χ0n) is 9.07. The highest BCUT2D eigenvalue weighted by molar-refractivity contribution is 5.75. The Balaban J connectivity index is 2.52. The summed E-state index contributed by atoms with van der Waals surface area (Å²) in [5.41, 5.74) is 8.55. The first-order chi connectivity index (χ1) is 7.16. The largest absolute Gasteiger partial charge is 0.382 e. The molecule has 0 amide bonds. The van der Waals surface area contributed by atoms with E-state index in [1.807, 2.05) is 24.3 Å². The molecule has 1 heterocycles. The smallest absolute Gasteiger partial charge is 0.145 e. The fourth-order valence-corrected chi connectivity index (χ4v) is 1.59. The summed E-state index contributed by atoms with van der Waals surface area (Å²) in [6.07, 6.45) is 0.879. The molecule has 0 aliphatic heterocycles. The summed E-state index contributed by atoms with van der Waals surface area (Å²) in [5.74, 6) is 1.10. The van der Waals surface area contributed by atoms with E-state index < -0.39 is 0 Å². The molecule has 0 saturated heterocycles. The average Bonchev–Trinajstić information content (AvgIpc) is 2.18. The van der Waals surface area contributed by atoms with Crippen LogP contribution in [-0.4, -0.2) is 9.97 Å². The molecule has 0 saturated carbocycles. The number of hydrogen-bond donors (Lipinski definition) is 1. The molecule has 78 valence electrons. The number of nitrogen functional groups attached to an aromatic ring is 1. The van der Waals surface area contributed by atoms with Crippen LogP contribution in [-0.2, 0) is 6.42 Å². The van der Waals surface area contributed by atoms with Crippen molar-refractivity contribution in [2.45, 2.75) is 20.3 Å². The number of aromatic nitrogens is 2. The lowest BCUT2D eigenvalue weighted by atomic mass is 10.1. The van der Waals surface area contributed by atoms with Crippen molar-refractivity contribution >= 4 is 16.9 Å². The Kier molecular flexibility index (Phi) is 2.54. The van der Waals surface area contributed by atoms with Crippen molar-refractivity contribution in [2.24, 2.45) is 5.92 Å². The number of nitrogens with two attached hydrogens (primary N) is 1. The van der Waals surface area contributed by atoms with Gasteiger partial charge >= 0.3 is 0 Å². The van der Waals surface area contributed by atoms with Gasteiger partial charge in [-0.2, -0.15) is 0 Å². The van der Waals surface area contributed by atoms with Crippen LogP contribution in [0.5, 0.6) is 0 Å². The average molecular weight is 201 g/mol. The van der Waals surface area contributed by atoms with Crippen LogP contribution in [0.25, 0.3) is 11.0 Å². The minimum Gasteiger partial charge on any atom is -0.382 e. The van der Waals surface area contributed by atoms with Gasteiger partial charge in [0.1, 0.15) is 5.82 Å². The minimum absolute atomic E-state index is 0.544. The van der Waals surface area contributed by atoms with E-state index in [-0.39, 0.29) is 0 Å². The van der Waals surface area contributed by atoms with Crippen molar-refractivity contribution < 1.29 is 0 Å². The molecule has 2 N–H and O–H groups in total. The Labute approximate surface area is 89.4 Å². The van der Waals surface area contributed by atoms with E-state index in [0.29, 0.717) is 11.7 Å². The summed E-state index contributed by atoms with van der Waals surface area (Å²) in [7, 11) is 0. The summed E-state index contributed by atoms with van der Waals surface area (Å²) in [4.78, 5) is 8.87. The van der Waals surface area contributed by atoms with E-state index in [9.17, 15) is 0 Å². The van der Waals surface area contributed by atoms with Crippen LogP contribution in [0.4, 0.5) is 5.82 Å². The second-order valence-electron chi connectivity index (χ2n) is 4.14. The van der Waals surface area contributed by atoms with E-state index >= 15 is 0 Å². The van der Waals surface area contributed by atoms with Crippen molar-refractivity contribution in [3.8, 4) is 0 Å². The van der Waals surface area contributed by atoms with E-state index in [1.165, 1.54) is 0 Å². The fraction of sp³-hybridized carbons (Fsp3) is 0.333. The maximum Gasteiger partial charge on any atom is 0.145 e. The molecular formula is C12H15N3. The number of fused-ring (bicyclic) bond motifs is 1. The Morgan fingerprint density at radius 1 is 1.13 bits per heavy atom. The van der Waals surface area contributed by atoms with E-state index in [0.717, 1.165) is 23.1 Å². The van der Waals surface area contributed by atoms with Gasteiger partial charge in [0, 0.05) is 0 Å². The molecule has 3 nitrogen and oxygen atoms in total. The highest BCUT2D eigenvalue weighted by Crippen LogP contribution is 2.16. The molecule has 0 radical (unpaired) electrons. The number of benzene rings is 1. The molecule has 2 aromatic rings. The summed E-state index contributed by atoms with van der Waals surface area (Å²) in [6.45, 7) is 4.30. The van der Waals surface area contributed by atoms with Crippen LogP contribution in [0.3, 0.4) is 0 Å². The van der Waals surface area contributed by atoms with Gasteiger partial charge in [-0.3, -0.25) is 0 Å². The third kappa shape index (κ3) is 2.06. The van der Waals surface area contributed by atoms with Crippen molar-refractivity contribution in [1.29, 1.82) is 0 Å². The number of nitrogens with zero attached hydrogens (tertiary/aromatic N) is 2. The second kappa shape index (κ2) is 3.85. The molecule has 0 bridgehead atoms. The van der Waals surface area contributed by atoms with Crippen molar-refractivity contribution in [3.05, 3.63) is 30.0 Å². The maximum atomic E-state index is 5.86. The Hall–Kier alpha value is -1.64. The summed E-state index contributed by atoms with van der Waals surface area (Å²) < 4.78 is 0. The summed E-state index contributed by atoms with van der Waals surface area (Å²) in [6, 6.07) is 7.80. The minimum atomic E-state index is 0.544. The van der Waals surface area contributed by atoms with Gasteiger partial charge in [-0.05, 0) is 24.5 Å². The molecule has 0 aliphatic carbocycles. The van der Waals surface area contributed by atoms with Gasteiger partial charge in [-0.1, -0.05) is 26.0 Å². The van der Waals surface area contributed by atoms with Crippen molar-refractivity contribution in [1.82, 2.24) is 9.97 Å². The monoisotopic (exact) mass is 201 g/mol. The lowest BCUT2D eigenvalue weighted by molar-refractivity contribution is 0.637. The van der Waals surface area contributed by atoms with E-state index in [4.69, 9.17) is 5.73 Å². The fourth-order valence-electron chi connectivity index (χ4n) is 1.59. The number of rotatable bonds is 2. The molecular weight excluding hydrogens is 186 g/mol. The zero-order chi connectivity index (χ0) is 10.8. The molecule has 0 atom stereocenters. The summed E-state index contributed by atoms with van der Waals surface area (Å²) >= 11 is 0. The predicted octanol–water partition coefficient (Wildman–Crippen LogP) is 2.41. The van der Waals surface area contributed by atoms with Crippen LogP contribution in [0.2, 0.25) is 0 Å². The normalized spacial score (nSPS) is 11.1. The highest BCUT2D eigenvalue weighted by Gasteiger charge is 2.07. The van der Waals surface area contributed by atoms with Crippen molar-refractivity contribution in [3.63, 3.8) is 0 Å². The molecule has 0 unspecified atom stereocenters. The lowest BCUT2D eigenvalue weighted by Crippen LogP contribution is -2.05. The predicted molar refractivity (Wildman–Crippen MR) is 62.5 cm³/mol. The first-order valence-corrected chi connectivity index (χ1v) is 5.18. The van der Waals surface area contributed by atoms with Crippen LogP contribution >= 0.6 is 0 Å². The van der Waals surface area contributed by atoms with Gasteiger partial charge in [0.05, 0.1) is 16.7 Å². The quantitative estimate of drug-likeness (QED) is 0.811. The lowest BCUT2D eigenvalue weighted by Gasteiger charge is -2.07. The van der Waals surface area contributed by atoms with Crippen LogP contribution in [0, 0.1) is 5.92 Å². The van der Waals surface area contributed by atoms with Crippen LogP contribution in [0.1, 0.15) is 19.5 Å². The van der Waals surface area contributed by atoms with E-state index in [1.54, 1.807) is 0 Å². The van der Waals surface area contributed by atoms with Gasteiger partial charge in [-0.25, -0.2) is 9.97 Å². The summed E-state index contributed by atoms with van der Waals surface area (Å²) in [5, 5.41) is 0. The van der Waals surface area contributed by atoms with Gasteiger partial charge in [0.25, 0.3) is 0 Å². The second-order valence-corrected chi connectivity index (χ2v) is 4.14. The topological polar surface area (TPSA) is 51.8 Å². The Bertz CT molecular complexity index is 477. The molecule has 0 fully saturated rings. The third-order valence-electron chi connectivity index (χ3n) is 2.28. The standard InChI is InChI=1S/C12H15N3/c1-8(2)7-11-12(13)15-10-6-4-3-5-9(10)14-11/h3-6,8H,7H2,1-2H3,(H2,13,15). The zero-order valence-corrected chi connectivity index (χ0v) is 9.07. The molecule has 0 spiro atoms. The van der Waals surface area contributed by atoms with Gasteiger partial charge in [0.2, 0.25) is 0 Å². The SMILES string of the molecule is CC(C)Cc1nc2ccccc2nc1N. The number of hydrogen-bond acceptors (Lipinski definition) is 3. The molecule has 3 heteroatoms. The Morgan fingerprint density at radius 3 is 2.33 bits per heavy atom. The molecule has 0 aliphatic rings. The molecule has 1 aromatic carbocycles. The third-order valence-corrected chi connectivity index (χ3v) is 2.28. The van der Waals surface area contributed by atoms with Crippen molar-refractivity contribution in [2.75, 3.05) is 5.73 Å². The number of para-hydroxylation sites is 2. The van der Waals surface area contributed by atoms with Gasteiger partial charge < -0.3 is 5.73 Å². The molecule has 1 aromatic heterocycles. The van der Waals surface area contributed by atoms with Gasteiger partial charge in [0.15, 0.2) is 0 Å². The van der Waals surface area contributed by atoms with Crippen LogP contribution in [0.15, 0.2) is 24.3 Å². The highest BCUT2D eigenvalue weighted by atomic mass is 14.9.